The summed E-state index contributed by atoms with van der Waals surface area (Å²) in [5.74, 6) is -1.08. The molecule has 7 heteroatoms. The quantitative estimate of drug-likeness (QED) is 0.597. The van der Waals surface area contributed by atoms with Crippen LogP contribution in [0.5, 0.6) is 0 Å². The van der Waals surface area contributed by atoms with E-state index in [0.717, 1.165) is 17.1 Å². The van der Waals surface area contributed by atoms with E-state index >= 15 is 0 Å². The number of halogens is 2. The molecule has 1 heterocycles. The number of anilines is 1. The zero-order valence-electron chi connectivity index (χ0n) is 13.9. The van der Waals surface area contributed by atoms with Crippen molar-refractivity contribution in [2.45, 2.75) is 23.7 Å². The molecule has 26 heavy (non-hydrogen) atoms. The third-order valence-electron chi connectivity index (χ3n) is 4.07. The first-order chi connectivity index (χ1) is 12.5. The molecule has 2 amide bonds. The Kier molecular flexibility index (Phi) is 5.88. The third-order valence-corrected chi connectivity index (χ3v) is 5.17. The topological polar surface area (TPSA) is 58.2 Å². The van der Waals surface area contributed by atoms with E-state index < -0.39 is 11.7 Å². The lowest BCUT2D eigenvalue weighted by atomic mass is 9.89. The molecule has 0 fully saturated rings. The van der Waals surface area contributed by atoms with Gasteiger partial charge in [-0.2, -0.15) is 0 Å². The molecule has 0 bridgehead atoms. The monoisotopic (exact) mass is 376 g/mol. The highest BCUT2D eigenvalue weighted by molar-refractivity contribution is 7.99. The Morgan fingerprint density at radius 3 is 2.65 bits per heavy atom. The minimum atomic E-state index is -0.607. The maximum absolute atomic E-state index is 13.3. The summed E-state index contributed by atoms with van der Waals surface area (Å²) in [5.41, 5.74) is 0.984. The largest absolute Gasteiger partial charge is 0.356 e. The molecule has 4 nitrogen and oxygen atoms in total. The summed E-state index contributed by atoms with van der Waals surface area (Å²) in [6.07, 6.45) is 0.789. The van der Waals surface area contributed by atoms with E-state index in [4.69, 9.17) is 0 Å². The van der Waals surface area contributed by atoms with E-state index in [9.17, 15) is 18.4 Å². The number of carbonyl (C=O) groups is 2. The van der Waals surface area contributed by atoms with E-state index in [1.807, 2.05) is 0 Å². The van der Waals surface area contributed by atoms with Crippen molar-refractivity contribution in [3.63, 3.8) is 0 Å². The van der Waals surface area contributed by atoms with Gasteiger partial charge < -0.3 is 10.6 Å². The summed E-state index contributed by atoms with van der Waals surface area (Å²) in [5, 5.41) is 5.43. The summed E-state index contributed by atoms with van der Waals surface area (Å²) in [6, 6.07) is 10.3. The molecule has 0 aliphatic carbocycles. The molecule has 0 unspecified atom stereocenters. The van der Waals surface area contributed by atoms with Crippen LogP contribution in [-0.4, -0.2) is 24.1 Å². The molecular weight excluding hydrogens is 358 g/mol. The maximum atomic E-state index is 13.3. The first kappa shape index (κ1) is 18.4. The Morgan fingerprint density at radius 2 is 1.88 bits per heavy atom. The first-order valence-corrected chi connectivity index (χ1v) is 9.27. The number of carbonyl (C=O) groups excluding carboxylic acids is 2. The minimum Gasteiger partial charge on any atom is -0.356 e. The predicted octanol–water partition coefficient (Wildman–Crippen LogP) is 3.69. The SMILES string of the molecule is O=C1C[C@H](C(=O)NCCCSc2ccc(F)cc2)c2ccc(F)cc2N1. The highest BCUT2D eigenvalue weighted by Crippen LogP contribution is 2.32. The fourth-order valence-electron chi connectivity index (χ4n) is 2.80. The molecule has 0 saturated carbocycles. The zero-order chi connectivity index (χ0) is 18.5. The van der Waals surface area contributed by atoms with Crippen LogP contribution < -0.4 is 10.6 Å². The number of benzene rings is 2. The second-order valence-corrected chi connectivity index (χ2v) is 7.15. The van der Waals surface area contributed by atoms with Crippen molar-refractivity contribution in [3.05, 3.63) is 59.7 Å². The van der Waals surface area contributed by atoms with Crippen LogP contribution >= 0.6 is 11.8 Å². The molecular formula is C19H18F2N2O2S. The van der Waals surface area contributed by atoms with Crippen LogP contribution in [0.2, 0.25) is 0 Å². The molecule has 0 aromatic heterocycles. The molecule has 2 N–H and O–H groups in total. The molecule has 2 aromatic rings. The zero-order valence-corrected chi connectivity index (χ0v) is 14.7. The van der Waals surface area contributed by atoms with Crippen LogP contribution in [0.3, 0.4) is 0 Å². The molecule has 0 saturated heterocycles. The van der Waals surface area contributed by atoms with Gasteiger partial charge in [0, 0.05) is 23.5 Å². The Morgan fingerprint density at radius 1 is 1.15 bits per heavy atom. The minimum absolute atomic E-state index is 0.0504. The van der Waals surface area contributed by atoms with Gasteiger partial charge in [-0.1, -0.05) is 6.07 Å². The lowest BCUT2D eigenvalue weighted by Gasteiger charge is -2.24. The van der Waals surface area contributed by atoms with Crippen molar-refractivity contribution in [2.24, 2.45) is 0 Å². The molecule has 2 aromatic carbocycles. The van der Waals surface area contributed by atoms with Crippen molar-refractivity contribution in [1.29, 1.82) is 0 Å². The van der Waals surface area contributed by atoms with Gasteiger partial charge in [-0.05, 0) is 54.1 Å². The lowest BCUT2D eigenvalue weighted by Crippen LogP contribution is -2.35. The summed E-state index contributed by atoms with van der Waals surface area (Å²) in [7, 11) is 0. The van der Waals surface area contributed by atoms with E-state index in [1.54, 1.807) is 30.0 Å². The summed E-state index contributed by atoms with van der Waals surface area (Å²) in [4.78, 5) is 25.2. The number of amides is 2. The van der Waals surface area contributed by atoms with Gasteiger partial charge in [0.15, 0.2) is 0 Å². The van der Waals surface area contributed by atoms with Gasteiger partial charge in [0.05, 0.1) is 5.92 Å². The average Bonchev–Trinajstić information content (AvgIpc) is 2.61. The fraction of sp³-hybridized carbons (Fsp3) is 0.263. The van der Waals surface area contributed by atoms with E-state index in [0.29, 0.717) is 17.8 Å². The number of fused-ring (bicyclic) bond motifs is 1. The van der Waals surface area contributed by atoms with E-state index in [2.05, 4.69) is 10.6 Å². The third kappa shape index (κ3) is 4.60. The molecule has 3 rings (SSSR count). The van der Waals surface area contributed by atoms with Crippen LogP contribution in [0, 0.1) is 11.6 Å². The van der Waals surface area contributed by atoms with Crippen molar-refractivity contribution < 1.29 is 18.4 Å². The average molecular weight is 376 g/mol. The van der Waals surface area contributed by atoms with Gasteiger partial charge in [0.2, 0.25) is 11.8 Å². The molecule has 0 spiro atoms. The molecule has 1 atom stereocenters. The Hall–Kier alpha value is -2.41. The Labute approximate surface area is 154 Å². The van der Waals surface area contributed by atoms with Gasteiger partial charge in [0.25, 0.3) is 0 Å². The van der Waals surface area contributed by atoms with Crippen molar-refractivity contribution in [2.75, 3.05) is 17.6 Å². The van der Waals surface area contributed by atoms with Crippen LogP contribution in [0.4, 0.5) is 14.5 Å². The van der Waals surface area contributed by atoms with Crippen molar-refractivity contribution in [1.82, 2.24) is 5.32 Å². The standard InChI is InChI=1S/C19H18F2N2O2S/c20-12-2-5-14(6-3-12)26-9-1-8-22-19(25)16-11-18(24)23-17-10-13(21)4-7-15(16)17/h2-7,10,16H,1,8-9,11H2,(H,22,25)(H,23,24)/t16-/m0/s1. The van der Waals surface area contributed by atoms with E-state index in [1.165, 1.54) is 24.3 Å². The van der Waals surface area contributed by atoms with E-state index in [-0.39, 0.29) is 24.1 Å². The molecule has 1 aliphatic heterocycles. The lowest BCUT2D eigenvalue weighted by molar-refractivity contribution is -0.126. The van der Waals surface area contributed by atoms with Crippen LogP contribution in [-0.2, 0) is 9.59 Å². The van der Waals surface area contributed by atoms with Crippen LogP contribution in [0.1, 0.15) is 24.3 Å². The molecule has 136 valence electrons. The number of hydrogen-bond donors (Lipinski definition) is 2. The van der Waals surface area contributed by atoms with Gasteiger partial charge in [-0.25, -0.2) is 8.78 Å². The first-order valence-electron chi connectivity index (χ1n) is 8.28. The van der Waals surface area contributed by atoms with Crippen molar-refractivity contribution >= 4 is 29.3 Å². The Balaban J connectivity index is 1.49. The highest BCUT2D eigenvalue weighted by atomic mass is 32.2. The van der Waals surface area contributed by atoms with Crippen LogP contribution in [0.25, 0.3) is 0 Å². The van der Waals surface area contributed by atoms with Crippen molar-refractivity contribution in [3.8, 4) is 0 Å². The number of rotatable bonds is 6. The maximum Gasteiger partial charge on any atom is 0.228 e. The smallest absolute Gasteiger partial charge is 0.228 e. The molecule has 0 radical (unpaired) electrons. The summed E-state index contributed by atoms with van der Waals surface area (Å²) >= 11 is 1.58. The summed E-state index contributed by atoms with van der Waals surface area (Å²) in [6.45, 7) is 0.474. The molecule has 1 aliphatic rings. The Bertz CT molecular complexity index is 812. The van der Waals surface area contributed by atoms with Gasteiger partial charge in [-0.15, -0.1) is 11.8 Å². The highest BCUT2D eigenvalue weighted by Gasteiger charge is 2.30. The van der Waals surface area contributed by atoms with Gasteiger partial charge >= 0.3 is 0 Å². The van der Waals surface area contributed by atoms with Gasteiger partial charge in [0.1, 0.15) is 11.6 Å². The normalized spacial score (nSPS) is 15.9. The van der Waals surface area contributed by atoms with Crippen LogP contribution in [0.15, 0.2) is 47.4 Å². The second-order valence-electron chi connectivity index (χ2n) is 5.98. The number of hydrogen-bond acceptors (Lipinski definition) is 3. The number of nitrogens with one attached hydrogen (secondary N) is 2. The fourth-order valence-corrected chi connectivity index (χ4v) is 3.65. The van der Waals surface area contributed by atoms with Gasteiger partial charge in [-0.3, -0.25) is 9.59 Å². The number of thioether (sulfide) groups is 1. The predicted molar refractivity (Wildman–Crippen MR) is 97.1 cm³/mol. The summed E-state index contributed by atoms with van der Waals surface area (Å²) < 4.78 is 26.2. The second kappa shape index (κ2) is 8.31.